The summed E-state index contributed by atoms with van der Waals surface area (Å²) in [5.41, 5.74) is 1.19. The third kappa shape index (κ3) is 3.74. The highest BCUT2D eigenvalue weighted by Gasteiger charge is 2.22. The Bertz CT molecular complexity index is 328. The Morgan fingerprint density at radius 2 is 2.13 bits per heavy atom. The molecule has 1 aromatic heterocycles. The van der Waals surface area contributed by atoms with Gasteiger partial charge < -0.3 is 0 Å². The van der Waals surface area contributed by atoms with Crippen molar-refractivity contribution in [3.05, 3.63) is 28.5 Å². The van der Waals surface area contributed by atoms with Gasteiger partial charge >= 0.3 is 0 Å². The standard InChI is InChI=1S/C11H16BrClN2/c1-11(2,8-13)15(3)7-9-4-10(12)6-14-5-9/h4-6H,7-8H2,1-3H3. The molecule has 0 amide bonds. The van der Waals surface area contributed by atoms with E-state index < -0.39 is 0 Å². The van der Waals surface area contributed by atoms with Crippen molar-refractivity contribution in [2.75, 3.05) is 12.9 Å². The quantitative estimate of drug-likeness (QED) is 0.791. The zero-order valence-electron chi connectivity index (χ0n) is 9.30. The summed E-state index contributed by atoms with van der Waals surface area (Å²) >= 11 is 9.33. The summed E-state index contributed by atoms with van der Waals surface area (Å²) in [6, 6.07) is 2.08. The van der Waals surface area contributed by atoms with Crippen LogP contribution in [-0.2, 0) is 6.54 Å². The lowest BCUT2D eigenvalue weighted by Crippen LogP contribution is -2.42. The van der Waals surface area contributed by atoms with Gasteiger partial charge in [-0.1, -0.05) is 0 Å². The minimum Gasteiger partial charge on any atom is -0.296 e. The number of pyridine rings is 1. The summed E-state index contributed by atoms with van der Waals surface area (Å²) in [5.74, 6) is 0.616. The normalized spacial score (nSPS) is 12.1. The first-order valence-corrected chi connectivity index (χ1v) is 6.15. The molecule has 4 heteroatoms. The van der Waals surface area contributed by atoms with E-state index in [-0.39, 0.29) is 5.54 Å². The largest absolute Gasteiger partial charge is 0.296 e. The van der Waals surface area contributed by atoms with Crippen molar-refractivity contribution < 1.29 is 0 Å². The van der Waals surface area contributed by atoms with Crippen LogP contribution in [0.5, 0.6) is 0 Å². The molecule has 84 valence electrons. The summed E-state index contributed by atoms with van der Waals surface area (Å²) in [4.78, 5) is 6.36. The minimum atomic E-state index is 0.00384. The van der Waals surface area contributed by atoms with Gasteiger partial charge in [-0.15, -0.1) is 11.6 Å². The van der Waals surface area contributed by atoms with E-state index >= 15 is 0 Å². The first-order valence-electron chi connectivity index (χ1n) is 4.82. The molecule has 0 atom stereocenters. The molecule has 0 aromatic carbocycles. The average molecular weight is 292 g/mol. The molecule has 0 unspecified atom stereocenters. The van der Waals surface area contributed by atoms with Crippen molar-refractivity contribution in [1.29, 1.82) is 0 Å². The van der Waals surface area contributed by atoms with Gasteiger partial charge in [-0.25, -0.2) is 0 Å². The third-order valence-electron chi connectivity index (χ3n) is 2.54. The Kier molecular flexibility index (Phi) is 4.56. The van der Waals surface area contributed by atoms with E-state index in [1.54, 1.807) is 6.20 Å². The van der Waals surface area contributed by atoms with Crippen molar-refractivity contribution in [3.63, 3.8) is 0 Å². The molecule has 0 aliphatic rings. The molecule has 1 aromatic rings. The average Bonchev–Trinajstić information content (AvgIpc) is 2.17. The van der Waals surface area contributed by atoms with Gasteiger partial charge in [-0.05, 0) is 48.5 Å². The summed E-state index contributed by atoms with van der Waals surface area (Å²) in [5, 5.41) is 0. The van der Waals surface area contributed by atoms with Crippen LogP contribution in [0.25, 0.3) is 0 Å². The van der Waals surface area contributed by atoms with Crippen LogP contribution in [0.1, 0.15) is 19.4 Å². The zero-order valence-corrected chi connectivity index (χ0v) is 11.6. The number of nitrogens with zero attached hydrogens (tertiary/aromatic N) is 2. The number of hydrogen-bond acceptors (Lipinski definition) is 2. The fourth-order valence-corrected chi connectivity index (χ4v) is 1.75. The molecule has 0 radical (unpaired) electrons. The summed E-state index contributed by atoms with van der Waals surface area (Å²) in [6.45, 7) is 5.11. The number of hydrogen-bond donors (Lipinski definition) is 0. The Hall–Kier alpha value is -0.120. The lowest BCUT2D eigenvalue weighted by atomic mass is 10.1. The van der Waals surface area contributed by atoms with Crippen LogP contribution in [0, 0.1) is 0 Å². The van der Waals surface area contributed by atoms with Gasteiger partial charge in [0, 0.05) is 34.8 Å². The van der Waals surface area contributed by atoms with Gasteiger partial charge in [0.25, 0.3) is 0 Å². The highest BCUT2D eigenvalue weighted by molar-refractivity contribution is 9.10. The Morgan fingerprint density at radius 1 is 1.47 bits per heavy atom. The number of alkyl halides is 1. The van der Waals surface area contributed by atoms with Gasteiger partial charge in [0.1, 0.15) is 0 Å². The van der Waals surface area contributed by atoms with Crippen LogP contribution >= 0.6 is 27.5 Å². The fourth-order valence-electron chi connectivity index (χ4n) is 1.13. The molecular formula is C11H16BrClN2. The molecule has 1 rings (SSSR count). The maximum absolute atomic E-state index is 5.92. The van der Waals surface area contributed by atoms with Crippen molar-refractivity contribution in [3.8, 4) is 0 Å². The number of aromatic nitrogens is 1. The van der Waals surface area contributed by atoms with E-state index in [1.807, 2.05) is 6.20 Å². The molecule has 0 bridgehead atoms. The second-order valence-electron chi connectivity index (χ2n) is 4.31. The first-order chi connectivity index (χ1) is 6.95. The molecule has 0 spiro atoms. The minimum absolute atomic E-state index is 0.00384. The van der Waals surface area contributed by atoms with E-state index in [0.717, 1.165) is 11.0 Å². The van der Waals surface area contributed by atoms with Crippen LogP contribution in [0.3, 0.4) is 0 Å². The van der Waals surface area contributed by atoms with Crippen LogP contribution in [0.15, 0.2) is 22.9 Å². The zero-order chi connectivity index (χ0) is 11.5. The van der Waals surface area contributed by atoms with Crippen molar-refractivity contribution in [2.45, 2.75) is 25.9 Å². The van der Waals surface area contributed by atoms with Crippen LogP contribution in [-0.4, -0.2) is 28.4 Å². The molecule has 0 N–H and O–H groups in total. The highest BCUT2D eigenvalue weighted by atomic mass is 79.9. The predicted octanol–water partition coefficient (Wildman–Crippen LogP) is 3.29. The molecule has 0 aliphatic heterocycles. The maximum Gasteiger partial charge on any atom is 0.0410 e. The molecule has 0 aliphatic carbocycles. The lowest BCUT2D eigenvalue weighted by Gasteiger charge is -2.33. The van der Waals surface area contributed by atoms with Gasteiger partial charge in [0.05, 0.1) is 0 Å². The van der Waals surface area contributed by atoms with Crippen molar-refractivity contribution in [1.82, 2.24) is 9.88 Å². The number of rotatable bonds is 4. The summed E-state index contributed by atoms with van der Waals surface area (Å²) in [6.07, 6.45) is 3.67. The molecule has 1 heterocycles. The van der Waals surface area contributed by atoms with Crippen molar-refractivity contribution in [2.24, 2.45) is 0 Å². The van der Waals surface area contributed by atoms with Crippen LogP contribution in [0.2, 0.25) is 0 Å². The van der Waals surface area contributed by atoms with E-state index in [1.165, 1.54) is 5.56 Å². The monoisotopic (exact) mass is 290 g/mol. The topological polar surface area (TPSA) is 16.1 Å². The van der Waals surface area contributed by atoms with E-state index in [4.69, 9.17) is 11.6 Å². The number of halogens is 2. The smallest absolute Gasteiger partial charge is 0.0410 e. The molecule has 0 saturated heterocycles. The Labute approximate surface area is 105 Å². The van der Waals surface area contributed by atoms with Crippen LogP contribution in [0.4, 0.5) is 0 Å². The third-order valence-corrected chi connectivity index (χ3v) is 3.63. The molecular weight excluding hydrogens is 275 g/mol. The van der Waals surface area contributed by atoms with Gasteiger partial charge in [-0.3, -0.25) is 9.88 Å². The second-order valence-corrected chi connectivity index (χ2v) is 5.50. The highest BCUT2D eigenvalue weighted by Crippen LogP contribution is 2.18. The molecule has 15 heavy (non-hydrogen) atoms. The van der Waals surface area contributed by atoms with E-state index in [0.29, 0.717) is 5.88 Å². The van der Waals surface area contributed by atoms with E-state index in [2.05, 4.69) is 52.8 Å². The predicted molar refractivity (Wildman–Crippen MR) is 68.2 cm³/mol. The SMILES string of the molecule is CN(Cc1cncc(Br)c1)C(C)(C)CCl. The summed E-state index contributed by atoms with van der Waals surface area (Å²) < 4.78 is 1.01. The fraction of sp³-hybridized carbons (Fsp3) is 0.545. The van der Waals surface area contributed by atoms with Gasteiger partial charge in [0.2, 0.25) is 0 Å². The maximum atomic E-state index is 5.92. The first kappa shape index (κ1) is 12.9. The van der Waals surface area contributed by atoms with Crippen LogP contribution < -0.4 is 0 Å². The van der Waals surface area contributed by atoms with Crippen molar-refractivity contribution >= 4 is 27.5 Å². The van der Waals surface area contributed by atoms with E-state index in [9.17, 15) is 0 Å². The molecule has 0 saturated carbocycles. The second kappa shape index (κ2) is 5.28. The molecule has 2 nitrogen and oxygen atoms in total. The van der Waals surface area contributed by atoms with Gasteiger partial charge in [-0.2, -0.15) is 0 Å². The lowest BCUT2D eigenvalue weighted by molar-refractivity contribution is 0.170. The van der Waals surface area contributed by atoms with Gasteiger partial charge in [0.15, 0.2) is 0 Å². The Balaban J connectivity index is 2.70. The molecule has 0 fully saturated rings. The summed E-state index contributed by atoms with van der Waals surface area (Å²) in [7, 11) is 2.07. The Morgan fingerprint density at radius 3 is 2.67 bits per heavy atom.